The number of ether oxygens (including phenoxy) is 2. The van der Waals surface area contributed by atoms with Crippen LogP contribution in [0.3, 0.4) is 0 Å². The van der Waals surface area contributed by atoms with Crippen LogP contribution in [0.1, 0.15) is 16.7 Å². The van der Waals surface area contributed by atoms with Crippen molar-refractivity contribution in [2.75, 3.05) is 31.9 Å². The Kier molecular flexibility index (Phi) is 7.34. The van der Waals surface area contributed by atoms with Crippen molar-refractivity contribution in [2.45, 2.75) is 32.5 Å². The van der Waals surface area contributed by atoms with Crippen molar-refractivity contribution in [1.82, 2.24) is 24.5 Å². The Labute approximate surface area is 186 Å². The van der Waals surface area contributed by atoms with Crippen LogP contribution in [0.25, 0.3) is 11.4 Å². The van der Waals surface area contributed by atoms with Crippen molar-refractivity contribution in [3.63, 3.8) is 0 Å². The highest BCUT2D eigenvalue weighted by Crippen LogP contribution is 2.30. The van der Waals surface area contributed by atoms with Gasteiger partial charge < -0.3 is 14.8 Å². The third kappa shape index (κ3) is 5.26. The summed E-state index contributed by atoms with van der Waals surface area (Å²) in [5, 5.41) is 16.6. The monoisotopic (exact) mass is 444 g/mol. The Balaban J connectivity index is 1.78. The van der Waals surface area contributed by atoms with Crippen LogP contribution in [0.2, 0.25) is 0 Å². The number of anilines is 1. The number of carbonyl (C=O) groups is 1. The van der Waals surface area contributed by atoms with Crippen molar-refractivity contribution >= 4 is 23.4 Å². The molecule has 2 aromatic heterocycles. The minimum Gasteiger partial charge on any atom is -0.479 e. The number of thioether (sulfide) groups is 1. The summed E-state index contributed by atoms with van der Waals surface area (Å²) in [5.74, 6) is 1.20. The van der Waals surface area contributed by atoms with Crippen LogP contribution in [0.4, 0.5) is 5.69 Å². The first-order chi connectivity index (χ1) is 14.8. The Morgan fingerprint density at radius 3 is 2.52 bits per heavy atom. The molecular formula is C21H28N6O3S. The average molecular weight is 445 g/mol. The SMILES string of the molecule is COCCn1c(SCC(=O)Nc2c(C)cc(C)cc2C)nnc1-c1cn(C)nc1OC. The van der Waals surface area contributed by atoms with E-state index in [-0.39, 0.29) is 11.7 Å². The summed E-state index contributed by atoms with van der Waals surface area (Å²) >= 11 is 1.33. The molecule has 10 heteroatoms. The number of hydrogen-bond donors (Lipinski definition) is 1. The summed E-state index contributed by atoms with van der Waals surface area (Å²) < 4.78 is 14.2. The highest BCUT2D eigenvalue weighted by atomic mass is 32.2. The third-order valence-electron chi connectivity index (χ3n) is 4.74. The van der Waals surface area contributed by atoms with E-state index >= 15 is 0 Å². The first kappa shape index (κ1) is 22.8. The second kappa shape index (κ2) is 9.97. The zero-order chi connectivity index (χ0) is 22.5. The summed E-state index contributed by atoms with van der Waals surface area (Å²) in [7, 11) is 5.02. The second-order valence-electron chi connectivity index (χ2n) is 7.29. The maximum absolute atomic E-state index is 12.6. The lowest BCUT2D eigenvalue weighted by atomic mass is 10.1. The molecular weight excluding hydrogens is 416 g/mol. The largest absolute Gasteiger partial charge is 0.479 e. The van der Waals surface area contributed by atoms with Gasteiger partial charge in [0.1, 0.15) is 5.56 Å². The molecule has 31 heavy (non-hydrogen) atoms. The quantitative estimate of drug-likeness (QED) is 0.507. The van der Waals surface area contributed by atoms with E-state index in [2.05, 4.69) is 32.7 Å². The van der Waals surface area contributed by atoms with Crippen LogP contribution in [-0.2, 0) is 23.1 Å². The van der Waals surface area contributed by atoms with E-state index in [0.717, 1.165) is 22.4 Å². The fourth-order valence-electron chi connectivity index (χ4n) is 3.43. The molecule has 0 bridgehead atoms. The maximum atomic E-state index is 12.6. The molecule has 0 saturated carbocycles. The topological polar surface area (TPSA) is 96.1 Å². The number of aryl methyl sites for hydroxylation is 4. The standard InChI is InChI=1S/C21H28N6O3S/c1-13-9-14(2)18(15(3)10-13)22-17(28)12-31-21-24-23-19(27(21)7-8-29-5)16-11-26(4)25-20(16)30-6/h9-11H,7-8,12H2,1-6H3,(H,22,28). The predicted molar refractivity (Wildman–Crippen MR) is 121 cm³/mol. The molecule has 0 aliphatic carbocycles. The van der Waals surface area contributed by atoms with Gasteiger partial charge in [0.05, 0.1) is 26.0 Å². The smallest absolute Gasteiger partial charge is 0.243 e. The van der Waals surface area contributed by atoms with E-state index < -0.39 is 0 Å². The van der Waals surface area contributed by atoms with Gasteiger partial charge in [-0.1, -0.05) is 29.5 Å². The van der Waals surface area contributed by atoms with Gasteiger partial charge in [-0.2, -0.15) is 0 Å². The molecule has 3 rings (SSSR count). The van der Waals surface area contributed by atoms with Gasteiger partial charge in [-0.25, -0.2) is 0 Å². The molecule has 9 nitrogen and oxygen atoms in total. The average Bonchev–Trinajstić information content (AvgIpc) is 3.29. The first-order valence-corrected chi connectivity index (χ1v) is 10.8. The molecule has 2 heterocycles. The molecule has 1 aromatic carbocycles. The summed E-state index contributed by atoms with van der Waals surface area (Å²) in [6.07, 6.45) is 1.83. The molecule has 0 spiro atoms. The number of carbonyl (C=O) groups excluding carboxylic acids is 1. The van der Waals surface area contributed by atoms with E-state index in [0.29, 0.717) is 30.0 Å². The summed E-state index contributed by atoms with van der Waals surface area (Å²) in [6.45, 7) is 7.06. The van der Waals surface area contributed by atoms with Gasteiger partial charge in [-0.15, -0.1) is 15.3 Å². The number of hydrogen-bond acceptors (Lipinski definition) is 7. The van der Waals surface area contributed by atoms with E-state index in [1.54, 1.807) is 18.9 Å². The number of nitrogens with one attached hydrogen (secondary N) is 1. The zero-order valence-corrected chi connectivity index (χ0v) is 19.5. The summed E-state index contributed by atoms with van der Waals surface area (Å²) in [4.78, 5) is 12.6. The Morgan fingerprint density at radius 1 is 1.16 bits per heavy atom. The van der Waals surface area contributed by atoms with Crippen molar-refractivity contribution < 1.29 is 14.3 Å². The van der Waals surface area contributed by atoms with E-state index in [1.807, 2.05) is 38.6 Å². The summed E-state index contributed by atoms with van der Waals surface area (Å²) in [6, 6.07) is 4.12. The van der Waals surface area contributed by atoms with Crippen LogP contribution in [-0.4, -0.2) is 57.0 Å². The number of amides is 1. The van der Waals surface area contributed by atoms with Crippen molar-refractivity contribution in [1.29, 1.82) is 0 Å². The number of nitrogens with zero attached hydrogens (tertiary/aromatic N) is 5. The van der Waals surface area contributed by atoms with Crippen molar-refractivity contribution in [3.8, 4) is 17.3 Å². The zero-order valence-electron chi connectivity index (χ0n) is 18.7. The van der Waals surface area contributed by atoms with Gasteiger partial charge in [0.2, 0.25) is 11.8 Å². The molecule has 0 atom stereocenters. The molecule has 0 radical (unpaired) electrons. The van der Waals surface area contributed by atoms with Gasteiger partial charge >= 0.3 is 0 Å². The maximum Gasteiger partial charge on any atom is 0.243 e. The van der Waals surface area contributed by atoms with Crippen molar-refractivity contribution in [3.05, 3.63) is 35.0 Å². The van der Waals surface area contributed by atoms with Gasteiger partial charge in [-0.05, 0) is 31.9 Å². The van der Waals surface area contributed by atoms with Gasteiger partial charge in [0.25, 0.3) is 0 Å². The van der Waals surface area contributed by atoms with Crippen LogP contribution in [0.15, 0.2) is 23.5 Å². The first-order valence-electron chi connectivity index (χ1n) is 9.84. The lowest BCUT2D eigenvalue weighted by Gasteiger charge is -2.13. The number of benzene rings is 1. The van der Waals surface area contributed by atoms with Crippen molar-refractivity contribution in [2.24, 2.45) is 7.05 Å². The number of rotatable bonds is 9. The van der Waals surface area contributed by atoms with Crippen LogP contribution >= 0.6 is 11.8 Å². The molecule has 0 fully saturated rings. The fraction of sp³-hybridized carbons (Fsp3) is 0.429. The minimum absolute atomic E-state index is 0.0955. The molecule has 1 amide bonds. The number of methoxy groups -OCH3 is 2. The third-order valence-corrected chi connectivity index (χ3v) is 5.71. The fourth-order valence-corrected chi connectivity index (χ4v) is 4.20. The molecule has 0 saturated heterocycles. The predicted octanol–water partition coefficient (Wildman–Crippen LogP) is 2.99. The van der Waals surface area contributed by atoms with Gasteiger partial charge in [0.15, 0.2) is 11.0 Å². The normalized spacial score (nSPS) is 11.0. The van der Waals surface area contributed by atoms with Crippen LogP contribution in [0.5, 0.6) is 5.88 Å². The Bertz CT molecular complexity index is 1050. The second-order valence-corrected chi connectivity index (χ2v) is 8.23. The lowest BCUT2D eigenvalue weighted by molar-refractivity contribution is -0.113. The Morgan fingerprint density at radius 2 is 1.87 bits per heavy atom. The molecule has 0 aliphatic heterocycles. The van der Waals surface area contributed by atoms with E-state index in [4.69, 9.17) is 9.47 Å². The molecule has 0 unspecified atom stereocenters. The molecule has 166 valence electrons. The summed E-state index contributed by atoms with van der Waals surface area (Å²) in [5.41, 5.74) is 4.86. The number of aromatic nitrogens is 5. The lowest BCUT2D eigenvalue weighted by Crippen LogP contribution is -2.16. The highest BCUT2D eigenvalue weighted by molar-refractivity contribution is 7.99. The van der Waals surface area contributed by atoms with Crippen LogP contribution in [0, 0.1) is 20.8 Å². The van der Waals surface area contributed by atoms with Gasteiger partial charge in [-0.3, -0.25) is 14.0 Å². The molecule has 0 aliphatic rings. The van der Waals surface area contributed by atoms with E-state index in [9.17, 15) is 4.79 Å². The minimum atomic E-state index is -0.0955. The molecule has 3 aromatic rings. The van der Waals surface area contributed by atoms with Crippen LogP contribution < -0.4 is 10.1 Å². The Hall–Kier alpha value is -2.85. The highest BCUT2D eigenvalue weighted by Gasteiger charge is 2.21. The molecule has 1 N–H and O–H groups in total. The van der Waals surface area contributed by atoms with Gasteiger partial charge in [0, 0.05) is 26.0 Å². The van der Waals surface area contributed by atoms with E-state index in [1.165, 1.54) is 17.3 Å².